The zero-order valence-electron chi connectivity index (χ0n) is 12.9. The van der Waals surface area contributed by atoms with Gasteiger partial charge in [-0.1, -0.05) is 72.8 Å². The van der Waals surface area contributed by atoms with Crippen molar-refractivity contribution in [2.75, 3.05) is 0 Å². The summed E-state index contributed by atoms with van der Waals surface area (Å²) in [4.78, 5) is 0. The third-order valence-electron chi connectivity index (χ3n) is 4.58. The highest BCUT2D eigenvalue weighted by Gasteiger charge is 2.15. The molecule has 0 bridgehead atoms. The van der Waals surface area contributed by atoms with Gasteiger partial charge in [0.15, 0.2) is 0 Å². The minimum atomic E-state index is 1.28. The molecule has 0 amide bonds. The van der Waals surface area contributed by atoms with Gasteiger partial charge in [0.05, 0.1) is 0 Å². The first-order chi connectivity index (χ1) is 10.7. The zero-order valence-corrected chi connectivity index (χ0v) is 12.9. The molecular formula is C22H18. The number of aryl methyl sites for hydroxylation is 2. The van der Waals surface area contributed by atoms with E-state index in [4.69, 9.17) is 0 Å². The highest BCUT2D eigenvalue weighted by atomic mass is 14.2. The van der Waals surface area contributed by atoms with Gasteiger partial charge in [0, 0.05) is 0 Å². The Hall–Kier alpha value is -2.60. The van der Waals surface area contributed by atoms with Crippen molar-refractivity contribution in [1.82, 2.24) is 0 Å². The van der Waals surface area contributed by atoms with Gasteiger partial charge >= 0.3 is 0 Å². The lowest BCUT2D eigenvalue weighted by atomic mass is 9.85. The number of hydrogen-bond acceptors (Lipinski definition) is 0. The Morgan fingerprint density at radius 3 is 1.36 bits per heavy atom. The van der Waals surface area contributed by atoms with E-state index >= 15 is 0 Å². The van der Waals surface area contributed by atoms with Crippen LogP contribution >= 0.6 is 0 Å². The van der Waals surface area contributed by atoms with Crippen LogP contribution in [0.25, 0.3) is 34.4 Å². The molecule has 0 saturated carbocycles. The first kappa shape index (κ1) is 13.1. The molecule has 0 atom stereocenters. The van der Waals surface area contributed by atoms with E-state index in [1.807, 2.05) is 0 Å². The fourth-order valence-corrected chi connectivity index (χ4v) is 3.22. The Bertz CT molecular complexity index is 823. The molecule has 4 rings (SSSR count). The predicted molar refractivity (Wildman–Crippen MR) is 95.7 cm³/mol. The Morgan fingerprint density at radius 2 is 0.909 bits per heavy atom. The van der Waals surface area contributed by atoms with Crippen LogP contribution in [0.3, 0.4) is 0 Å². The summed E-state index contributed by atoms with van der Waals surface area (Å²) in [5, 5.41) is 0. The van der Waals surface area contributed by atoms with Crippen molar-refractivity contribution in [2.45, 2.75) is 13.8 Å². The topological polar surface area (TPSA) is 0 Å². The molecule has 0 aromatic heterocycles. The minimum absolute atomic E-state index is 1.28. The van der Waals surface area contributed by atoms with Gasteiger partial charge < -0.3 is 0 Å². The fraction of sp³-hybridized carbons (Fsp3) is 0.0909. The Morgan fingerprint density at radius 1 is 0.500 bits per heavy atom. The molecule has 0 spiro atoms. The lowest BCUT2D eigenvalue weighted by Crippen LogP contribution is -1.95. The molecule has 106 valence electrons. The van der Waals surface area contributed by atoms with Crippen LogP contribution in [0.5, 0.6) is 0 Å². The molecule has 1 aliphatic carbocycles. The molecule has 3 aromatic carbocycles. The van der Waals surface area contributed by atoms with E-state index in [9.17, 15) is 0 Å². The van der Waals surface area contributed by atoms with E-state index < -0.39 is 0 Å². The summed E-state index contributed by atoms with van der Waals surface area (Å²) in [6.07, 6.45) is 4.46. The normalized spacial score (nSPS) is 11.9. The molecule has 1 aliphatic rings. The van der Waals surface area contributed by atoms with Gasteiger partial charge in [0.25, 0.3) is 0 Å². The third kappa shape index (κ3) is 2.00. The van der Waals surface area contributed by atoms with Crippen molar-refractivity contribution in [3.63, 3.8) is 0 Å². The maximum absolute atomic E-state index is 2.33. The Balaban J connectivity index is 2.15. The van der Waals surface area contributed by atoms with Gasteiger partial charge in [-0.3, -0.25) is 0 Å². The maximum Gasteiger partial charge on any atom is -0.00963 e. The first-order valence-corrected chi connectivity index (χ1v) is 7.72. The molecule has 0 fully saturated rings. The van der Waals surface area contributed by atoms with Crippen LogP contribution in [-0.2, 0) is 0 Å². The second-order valence-electron chi connectivity index (χ2n) is 5.99. The molecule has 22 heavy (non-hydrogen) atoms. The van der Waals surface area contributed by atoms with Gasteiger partial charge in [-0.2, -0.15) is 0 Å². The second-order valence-corrected chi connectivity index (χ2v) is 5.99. The average Bonchev–Trinajstić information content (AvgIpc) is 2.54. The van der Waals surface area contributed by atoms with E-state index in [0.29, 0.717) is 0 Å². The lowest BCUT2D eigenvalue weighted by molar-refractivity contribution is 1.34. The molecule has 0 unspecified atom stereocenters. The van der Waals surface area contributed by atoms with Gasteiger partial charge in [0.1, 0.15) is 0 Å². The van der Waals surface area contributed by atoms with Crippen LogP contribution in [0, 0.1) is 13.8 Å². The average molecular weight is 282 g/mol. The summed E-state index contributed by atoms with van der Waals surface area (Å²) < 4.78 is 0. The van der Waals surface area contributed by atoms with Crippen LogP contribution in [0.2, 0.25) is 0 Å². The van der Waals surface area contributed by atoms with Crippen molar-refractivity contribution in [2.24, 2.45) is 0 Å². The molecular weight excluding hydrogens is 264 g/mol. The molecule has 0 heterocycles. The van der Waals surface area contributed by atoms with Gasteiger partial charge in [-0.05, 0) is 58.4 Å². The van der Waals surface area contributed by atoms with Crippen LogP contribution in [0.4, 0.5) is 0 Å². The summed E-state index contributed by atoms with van der Waals surface area (Å²) in [7, 11) is 0. The Kier molecular flexibility index (Phi) is 2.97. The molecule has 0 radical (unpaired) electrons. The number of fused-ring (bicyclic) bond motifs is 5. The molecule has 0 N–H and O–H groups in total. The van der Waals surface area contributed by atoms with E-state index in [1.54, 1.807) is 0 Å². The molecule has 0 aliphatic heterocycles. The van der Waals surface area contributed by atoms with Crippen molar-refractivity contribution in [1.29, 1.82) is 0 Å². The SMILES string of the molecule is Cc1cc2c(cc1C)-c1ccccc1C=Cc1ccccc1-2. The summed E-state index contributed by atoms with van der Waals surface area (Å²) in [6, 6.07) is 22.0. The van der Waals surface area contributed by atoms with E-state index in [-0.39, 0.29) is 0 Å². The minimum Gasteiger partial charge on any atom is -0.0616 e. The summed E-state index contributed by atoms with van der Waals surface area (Å²) in [6.45, 7) is 4.39. The second kappa shape index (κ2) is 4.99. The highest BCUT2D eigenvalue weighted by molar-refractivity contribution is 5.95. The van der Waals surface area contributed by atoms with E-state index in [0.717, 1.165) is 0 Å². The van der Waals surface area contributed by atoms with Gasteiger partial charge in [-0.15, -0.1) is 0 Å². The molecule has 0 saturated heterocycles. The first-order valence-electron chi connectivity index (χ1n) is 7.72. The highest BCUT2D eigenvalue weighted by Crippen LogP contribution is 2.40. The monoisotopic (exact) mass is 282 g/mol. The van der Waals surface area contributed by atoms with Crippen LogP contribution in [-0.4, -0.2) is 0 Å². The van der Waals surface area contributed by atoms with E-state index in [1.165, 1.54) is 44.5 Å². The fourth-order valence-electron chi connectivity index (χ4n) is 3.22. The quantitative estimate of drug-likeness (QED) is 0.364. The summed E-state index contributed by atoms with van der Waals surface area (Å²) >= 11 is 0. The van der Waals surface area contributed by atoms with Crippen molar-refractivity contribution in [3.8, 4) is 22.3 Å². The summed E-state index contributed by atoms with van der Waals surface area (Å²) in [5.74, 6) is 0. The lowest BCUT2D eigenvalue weighted by Gasteiger charge is -2.19. The Labute approximate surface area is 131 Å². The number of hydrogen-bond donors (Lipinski definition) is 0. The smallest absolute Gasteiger partial charge is 0.00963 e. The third-order valence-corrected chi connectivity index (χ3v) is 4.58. The molecule has 0 heteroatoms. The molecule has 3 aromatic rings. The largest absolute Gasteiger partial charge is 0.0616 e. The van der Waals surface area contributed by atoms with Gasteiger partial charge in [0.2, 0.25) is 0 Å². The van der Waals surface area contributed by atoms with Crippen LogP contribution in [0.1, 0.15) is 22.3 Å². The van der Waals surface area contributed by atoms with Crippen molar-refractivity contribution in [3.05, 3.63) is 82.9 Å². The summed E-state index contributed by atoms with van der Waals surface area (Å²) in [5.41, 5.74) is 10.5. The molecule has 0 nitrogen and oxygen atoms in total. The van der Waals surface area contributed by atoms with Crippen molar-refractivity contribution >= 4 is 12.2 Å². The van der Waals surface area contributed by atoms with Gasteiger partial charge in [-0.25, -0.2) is 0 Å². The maximum atomic E-state index is 2.33. The van der Waals surface area contributed by atoms with E-state index in [2.05, 4.69) is 86.7 Å². The van der Waals surface area contributed by atoms with Crippen molar-refractivity contribution < 1.29 is 0 Å². The van der Waals surface area contributed by atoms with Crippen LogP contribution in [0.15, 0.2) is 60.7 Å². The standard InChI is InChI=1S/C22H18/c1-15-13-21-19-9-5-3-7-17(19)11-12-18-8-4-6-10-20(18)22(21)14-16(15)2/h3-14H,1-2H3. The zero-order chi connectivity index (χ0) is 15.1. The predicted octanol–water partition coefficient (Wildman–Crippen LogP) is 6.12. The number of rotatable bonds is 0. The number of benzene rings is 3. The van der Waals surface area contributed by atoms with Crippen LogP contribution < -0.4 is 0 Å².